The first-order valence-electron chi connectivity index (χ1n) is 11.7. The Hall–Kier alpha value is 0.590. The van der Waals surface area contributed by atoms with Crippen LogP contribution in [0.2, 0.25) is 0 Å². The van der Waals surface area contributed by atoms with Gasteiger partial charge in [-0.05, 0) is 55.4 Å². The third-order valence-electron chi connectivity index (χ3n) is 7.06. The fraction of sp³-hybridized carbons (Fsp3) is 0.852. The molecule has 170 valence electrons. The smallest absolute Gasteiger partial charge is 0.0593 e. The molecule has 0 aliphatic carbocycles. The molecule has 0 aromatic carbocycles. The third-order valence-corrected chi connectivity index (χ3v) is 24.7. The summed E-state index contributed by atoms with van der Waals surface area (Å²) in [5.74, 6) is 3.80. The van der Waals surface area contributed by atoms with Gasteiger partial charge in [0.1, 0.15) is 0 Å². The monoisotopic (exact) mass is 464 g/mol. The van der Waals surface area contributed by atoms with Crippen LogP contribution in [0.25, 0.3) is 0 Å². The van der Waals surface area contributed by atoms with Crippen LogP contribution in [0.3, 0.4) is 0 Å². The maximum atomic E-state index is 4.12. The Morgan fingerprint density at radius 1 is 0.767 bits per heavy atom. The molecular formula is C27H47P3. The predicted octanol–water partition coefficient (Wildman–Crippen LogP) is 10.2. The molecule has 0 N–H and O–H groups in total. The molecule has 6 unspecified atom stereocenters. The molecule has 4 aliphatic rings. The maximum absolute atomic E-state index is 4.12. The summed E-state index contributed by atoms with van der Waals surface area (Å²) < 4.78 is 0.480. The minimum absolute atomic E-state index is 0.0162. The van der Waals surface area contributed by atoms with E-state index >= 15 is 0 Å². The third kappa shape index (κ3) is 3.27. The van der Waals surface area contributed by atoms with Crippen molar-refractivity contribution in [1.82, 2.24) is 0 Å². The van der Waals surface area contributed by atoms with Gasteiger partial charge in [0, 0.05) is 24.2 Å². The van der Waals surface area contributed by atoms with Crippen LogP contribution in [0, 0.1) is 38.7 Å². The highest BCUT2D eigenvalue weighted by atomic mass is 32.1. The Morgan fingerprint density at radius 2 is 1.27 bits per heavy atom. The van der Waals surface area contributed by atoms with Gasteiger partial charge >= 0.3 is 0 Å². The summed E-state index contributed by atoms with van der Waals surface area (Å²) in [4.78, 5) is 0. The zero-order valence-electron chi connectivity index (χ0n) is 22.5. The van der Waals surface area contributed by atoms with Crippen molar-refractivity contribution in [3.63, 3.8) is 0 Å². The molecule has 0 nitrogen and oxygen atoms in total. The Bertz CT molecular complexity index is 820. The van der Waals surface area contributed by atoms with Crippen molar-refractivity contribution in [3.8, 4) is 11.6 Å². The second-order valence-electron chi connectivity index (χ2n) is 15.0. The SMILES string of the molecule is CC(C)(C)C#CP1C2(C(C)(C)C)C=C(C(C)(C)C)P3P(C2C(C)(C)C)C31C(C)(C)C. The van der Waals surface area contributed by atoms with Gasteiger partial charge in [0.2, 0.25) is 0 Å². The van der Waals surface area contributed by atoms with Crippen LogP contribution in [-0.2, 0) is 0 Å². The van der Waals surface area contributed by atoms with Crippen molar-refractivity contribution in [1.29, 1.82) is 0 Å². The average molecular weight is 465 g/mol. The van der Waals surface area contributed by atoms with E-state index in [0.29, 0.717) is 15.5 Å². The van der Waals surface area contributed by atoms with Crippen molar-refractivity contribution in [3.05, 3.63) is 11.4 Å². The molecule has 2 saturated heterocycles. The average Bonchev–Trinajstić information content (AvgIpc) is 3.06. The maximum Gasteiger partial charge on any atom is 0.0593 e. The molecule has 0 aromatic heterocycles. The van der Waals surface area contributed by atoms with Crippen molar-refractivity contribution < 1.29 is 0 Å². The number of hydrogen-bond donors (Lipinski definition) is 0. The highest BCUT2D eigenvalue weighted by molar-refractivity contribution is 8.55. The quantitative estimate of drug-likeness (QED) is 0.247. The highest BCUT2D eigenvalue weighted by Gasteiger charge is 2.90. The van der Waals surface area contributed by atoms with E-state index in [0.717, 1.165) is 5.66 Å². The fourth-order valence-electron chi connectivity index (χ4n) is 5.90. The van der Waals surface area contributed by atoms with Crippen LogP contribution < -0.4 is 0 Å². The zero-order chi connectivity index (χ0) is 23.5. The van der Waals surface area contributed by atoms with E-state index in [1.807, 2.05) is 5.31 Å². The molecule has 2 fully saturated rings. The summed E-state index contributed by atoms with van der Waals surface area (Å²) in [5, 5.41) is 2.06. The first kappa shape index (κ1) is 25.2. The molecule has 6 atom stereocenters. The second kappa shape index (κ2) is 6.59. The van der Waals surface area contributed by atoms with Gasteiger partial charge in [0.15, 0.2) is 0 Å². The Morgan fingerprint density at radius 3 is 1.60 bits per heavy atom. The van der Waals surface area contributed by atoms with Gasteiger partial charge in [0.25, 0.3) is 0 Å². The van der Waals surface area contributed by atoms with Crippen molar-refractivity contribution in [2.75, 3.05) is 0 Å². The van der Waals surface area contributed by atoms with Crippen LogP contribution in [0.5, 0.6) is 0 Å². The first-order valence-corrected chi connectivity index (χ1v) is 16.5. The van der Waals surface area contributed by atoms with Gasteiger partial charge in [-0.3, -0.25) is 0 Å². The van der Waals surface area contributed by atoms with Crippen LogP contribution in [0.15, 0.2) is 11.4 Å². The van der Waals surface area contributed by atoms with Crippen LogP contribution in [0.1, 0.15) is 104 Å². The molecule has 3 heteroatoms. The number of allylic oxidation sites excluding steroid dienone is 2. The highest BCUT2D eigenvalue weighted by Crippen LogP contribution is 3.24. The molecule has 4 heterocycles. The van der Waals surface area contributed by atoms with Crippen molar-refractivity contribution >= 4 is 23.1 Å². The molecular weight excluding hydrogens is 417 g/mol. The molecule has 0 spiro atoms. The van der Waals surface area contributed by atoms with Crippen LogP contribution in [0.4, 0.5) is 0 Å². The Labute approximate surface area is 192 Å². The molecule has 30 heavy (non-hydrogen) atoms. The molecule has 0 aromatic rings. The lowest BCUT2D eigenvalue weighted by atomic mass is 9.69. The van der Waals surface area contributed by atoms with E-state index in [9.17, 15) is 0 Å². The van der Waals surface area contributed by atoms with E-state index in [-0.39, 0.29) is 36.6 Å². The summed E-state index contributed by atoms with van der Waals surface area (Å²) in [5.41, 5.74) is 6.12. The topological polar surface area (TPSA) is 0 Å². The first-order chi connectivity index (χ1) is 13.0. The van der Waals surface area contributed by atoms with E-state index in [1.165, 1.54) is 0 Å². The molecule has 4 bridgehead atoms. The van der Waals surface area contributed by atoms with Gasteiger partial charge in [-0.1, -0.05) is 108 Å². The van der Waals surface area contributed by atoms with Gasteiger partial charge in [-0.25, -0.2) is 0 Å². The normalized spacial score (nSPS) is 38.7. The molecule has 4 aliphatic heterocycles. The fourth-order valence-corrected chi connectivity index (χ4v) is 31.1. The van der Waals surface area contributed by atoms with Crippen molar-refractivity contribution in [2.24, 2.45) is 27.1 Å². The standard InChI is InChI=1S/C27H47P3/c1-21(2,3)16-17-28-26(24(10,11)12)18-19(22(4,5)6)29-27(28,25(13,14)15)30(29)20(26)23(7,8)9/h18,20H,1-15H3. The molecule has 0 amide bonds. The van der Waals surface area contributed by atoms with E-state index in [2.05, 4.69) is 122 Å². The van der Waals surface area contributed by atoms with E-state index in [4.69, 9.17) is 0 Å². The second-order valence-corrected chi connectivity index (χ2v) is 24.5. The lowest BCUT2D eigenvalue weighted by Gasteiger charge is -2.58. The Kier molecular flexibility index (Phi) is 5.54. The summed E-state index contributed by atoms with van der Waals surface area (Å²) in [6, 6.07) is 0. The number of hydrogen-bond acceptors (Lipinski definition) is 0. The zero-order valence-corrected chi connectivity index (χ0v) is 25.2. The lowest BCUT2D eigenvalue weighted by Crippen LogP contribution is -2.53. The summed E-state index contributed by atoms with van der Waals surface area (Å²) in [7, 11) is -0.490. The number of rotatable bonds is 0. The minimum atomic E-state index is -0.412. The lowest BCUT2D eigenvalue weighted by molar-refractivity contribution is 0.241. The van der Waals surface area contributed by atoms with Gasteiger partial charge < -0.3 is 0 Å². The van der Waals surface area contributed by atoms with E-state index < -0.39 is 7.92 Å². The molecule has 4 rings (SSSR count). The van der Waals surface area contributed by atoms with Crippen LogP contribution >= 0.6 is 23.1 Å². The van der Waals surface area contributed by atoms with Gasteiger partial charge in [-0.2, -0.15) is 0 Å². The summed E-state index contributed by atoms with van der Waals surface area (Å²) in [6.45, 7) is 37.1. The molecule has 0 saturated carbocycles. The van der Waals surface area contributed by atoms with Crippen molar-refractivity contribution in [2.45, 2.75) is 119 Å². The van der Waals surface area contributed by atoms with Gasteiger partial charge in [-0.15, -0.1) is 0 Å². The van der Waals surface area contributed by atoms with Crippen LogP contribution in [-0.4, -0.2) is 15.5 Å². The largest absolute Gasteiger partial charge is 0.0927 e. The molecule has 0 radical (unpaired) electrons. The van der Waals surface area contributed by atoms with Gasteiger partial charge in [0.05, 0.1) is 4.64 Å². The Balaban J connectivity index is 2.45. The summed E-state index contributed by atoms with van der Waals surface area (Å²) in [6.07, 6.45) is 2.87. The predicted molar refractivity (Wildman–Crippen MR) is 143 cm³/mol. The minimum Gasteiger partial charge on any atom is -0.0927 e. The summed E-state index contributed by atoms with van der Waals surface area (Å²) >= 11 is 0. The van der Waals surface area contributed by atoms with E-state index in [1.54, 1.807) is 0 Å².